The van der Waals surface area contributed by atoms with Crippen molar-refractivity contribution in [2.45, 2.75) is 51.7 Å². The molecule has 1 amide bonds. The maximum absolute atomic E-state index is 11.8. The SMILES string of the molecule is Cc1sc(=O)n(CC(=O)NCC2(O)CCCC2)c1C. The standard InChI is InChI=1S/C13H20N2O3S/c1-9-10(2)19-12(17)15(9)7-11(16)14-8-13(18)5-3-4-6-13/h18H,3-8H2,1-2H3,(H,14,16). The van der Waals surface area contributed by atoms with Crippen LogP contribution in [0.3, 0.4) is 0 Å². The van der Waals surface area contributed by atoms with Crippen LogP contribution >= 0.6 is 11.3 Å². The molecular weight excluding hydrogens is 264 g/mol. The number of aryl methyl sites for hydroxylation is 1. The van der Waals surface area contributed by atoms with Gasteiger partial charge < -0.3 is 10.4 Å². The lowest BCUT2D eigenvalue weighted by atomic mass is 10.0. The van der Waals surface area contributed by atoms with E-state index >= 15 is 0 Å². The van der Waals surface area contributed by atoms with E-state index in [4.69, 9.17) is 0 Å². The highest BCUT2D eigenvalue weighted by molar-refractivity contribution is 7.09. The van der Waals surface area contributed by atoms with Crippen molar-refractivity contribution in [2.75, 3.05) is 6.54 Å². The fourth-order valence-electron chi connectivity index (χ4n) is 2.44. The molecule has 0 spiro atoms. The average Bonchev–Trinajstić information content (AvgIpc) is 2.88. The molecule has 0 atom stereocenters. The quantitative estimate of drug-likeness (QED) is 0.864. The summed E-state index contributed by atoms with van der Waals surface area (Å²) in [7, 11) is 0. The Balaban J connectivity index is 1.92. The summed E-state index contributed by atoms with van der Waals surface area (Å²) >= 11 is 1.16. The number of nitrogens with one attached hydrogen (secondary N) is 1. The van der Waals surface area contributed by atoms with Crippen LogP contribution in [0.4, 0.5) is 0 Å². The number of carbonyl (C=O) groups is 1. The van der Waals surface area contributed by atoms with E-state index in [0.717, 1.165) is 47.6 Å². The summed E-state index contributed by atoms with van der Waals surface area (Å²) in [5.74, 6) is -0.219. The van der Waals surface area contributed by atoms with Gasteiger partial charge in [0.15, 0.2) is 0 Å². The van der Waals surface area contributed by atoms with Crippen molar-refractivity contribution in [3.63, 3.8) is 0 Å². The molecule has 5 nitrogen and oxygen atoms in total. The average molecular weight is 284 g/mol. The lowest BCUT2D eigenvalue weighted by Gasteiger charge is -2.22. The van der Waals surface area contributed by atoms with Crippen LogP contribution in [-0.4, -0.2) is 27.7 Å². The summed E-state index contributed by atoms with van der Waals surface area (Å²) in [6.07, 6.45) is 3.50. The van der Waals surface area contributed by atoms with Gasteiger partial charge in [0.1, 0.15) is 6.54 Å². The first-order valence-corrected chi connectivity index (χ1v) is 7.39. The van der Waals surface area contributed by atoms with Gasteiger partial charge in [0.2, 0.25) is 5.91 Å². The summed E-state index contributed by atoms with van der Waals surface area (Å²) < 4.78 is 1.48. The molecule has 1 aliphatic rings. The third kappa shape index (κ3) is 3.25. The first-order chi connectivity index (χ1) is 8.91. The number of rotatable bonds is 4. The topological polar surface area (TPSA) is 71.3 Å². The van der Waals surface area contributed by atoms with Gasteiger partial charge in [-0.05, 0) is 26.7 Å². The maximum atomic E-state index is 11.8. The van der Waals surface area contributed by atoms with Crippen molar-refractivity contribution in [3.05, 3.63) is 20.2 Å². The Morgan fingerprint density at radius 1 is 1.42 bits per heavy atom. The van der Waals surface area contributed by atoms with Crippen molar-refractivity contribution in [2.24, 2.45) is 0 Å². The van der Waals surface area contributed by atoms with Gasteiger partial charge in [-0.3, -0.25) is 14.2 Å². The minimum Gasteiger partial charge on any atom is -0.388 e. The number of aromatic nitrogens is 1. The van der Waals surface area contributed by atoms with Crippen LogP contribution in [-0.2, 0) is 11.3 Å². The normalized spacial score (nSPS) is 17.6. The van der Waals surface area contributed by atoms with Crippen LogP contribution in [0.15, 0.2) is 4.79 Å². The molecule has 1 aromatic heterocycles. The Kier molecular flexibility index (Phi) is 4.10. The molecular formula is C13H20N2O3S. The van der Waals surface area contributed by atoms with E-state index in [1.807, 2.05) is 13.8 Å². The number of carbonyl (C=O) groups excluding carboxylic acids is 1. The van der Waals surface area contributed by atoms with Gasteiger partial charge in [0.05, 0.1) is 5.60 Å². The van der Waals surface area contributed by atoms with Crippen LogP contribution < -0.4 is 10.2 Å². The highest BCUT2D eigenvalue weighted by atomic mass is 32.1. The van der Waals surface area contributed by atoms with Crippen LogP contribution in [0.5, 0.6) is 0 Å². The number of thiazole rings is 1. The minimum absolute atomic E-state index is 0.0328. The van der Waals surface area contributed by atoms with Crippen LogP contribution in [0.2, 0.25) is 0 Å². The molecule has 0 aliphatic heterocycles. The monoisotopic (exact) mass is 284 g/mol. The summed E-state index contributed by atoms with van der Waals surface area (Å²) in [4.78, 5) is 24.4. The predicted molar refractivity (Wildman–Crippen MR) is 74.5 cm³/mol. The molecule has 0 bridgehead atoms. The van der Waals surface area contributed by atoms with Gasteiger partial charge >= 0.3 is 4.87 Å². The molecule has 2 rings (SSSR count). The second-order valence-corrected chi connectivity index (χ2v) is 6.47. The Morgan fingerprint density at radius 3 is 2.58 bits per heavy atom. The Bertz CT molecular complexity index is 526. The third-order valence-electron chi connectivity index (χ3n) is 3.83. The zero-order chi connectivity index (χ0) is 14.0. The number of amides is 1. The maximum Gasteiger partial charge on any atom is 0.308 e. The summed E-state index contributed by atoms with van der Waals surface area (Å²) in [6.45, 7) is 4.02. The lowest BCUT2D eigenvalue weighted by molar-refractivity contribution is -0.123. The number of hydrogen-bond donors (Lipinski definition) is 2. The molecule has 1 fully saturated rings. The first kappa shape index (κ1) is 14.3. The fraction of sp³-hybridized carbons (Fsp3) is 0.692. The van der Waals surface area contributed by atoms with Crippen molar-refractivity contribution in [1.29, 1.82) is 0 Å². The second-order valence-electron chi connectivity index (χ2n) is 5.30. The molecule has 1 aromatic rings. The van der Waals surface area contributed by atoms with Crippen molar-refractivity contribution in [3.8, 4) is 0 Å². The van der Waals surface area contributed by atoms with Crippen LogP contribution in [0.25, 0.3) is 0 Å². The molecule has 106 valence electrons. The highest BCUT2D eigenvalue weighted by Gasteiger charge is 2.31. The van der Waals surface area contributed by atoms with E-state index in [2.05, 4.69) is 5.32 Å². The van der Waals surface area contributed by atoms with E-state index in [0.29, 0.717) is 0 Å². The van der Waals surface area contributed by atoms with E-state index < -0.39 is 5.60 Å². The molecule has 19 heavy (non-hydrogen) atoms. The molecule has 6 heteroatoms. The Labute approximate surface area is 116 Å². The van der Waals surface area contributed by atoms with Gasteiger partial charge in [-0.1, -0.05) is 24.2 Å². The zero-order valence-electron chi connectivity index (χ0n) is 11.4. The molecule has 0 radical (unpaired) electrons. The molecule has 1 heterocycles. The summed E-state index contributed by atoms with van der Waals surface area (Å²) in [6, 6.07) is 0. The second kappa shape index (κ2) is 5.46. The number of hydrogen-bond acceptors (Lipinski definition) is 4. The molecule has 1 saturated carbocycles. The Hall–Kier alpha value is -1.14. The van der Waals surface area contributed by atoms with Gasteiger partial charge in [-0.15, -0.1) is 0 Å². The number of nitrogens with zero attached hydrogens (tertiary/aromatic N) is 1. The van der Waals surface area contributed by atoms with Gasteiger partial charge in [0, 0.05) is 17.1 Å². The highest BCUT2D eigenvalue weighted by Crippen LogP contribution is 2.28. The van der Waals surface area contributed by atoms with Crippen molar-refractivity contribution < 1.29 is 9.90 Å². The molecule has 0 unspecified atom stereocenters. The summed E-state index contributed by atoms with van der Waals surface area (Å²) in [5.41, 5.74) is 0.0879. The fourth-order valence-corrected chi connectivity index (χ4v) is 3.27. The first-order valence-electron chi connectivity index (χ1n) is 6.57. The lowest BCUT2D eigenvalue weighted by Crippen LogP contribution is -2.42. The molecule has 2 N–H and O–H groups in total. The van der Waals surface area contributed by atoms with Gasteiger partial charge in [-0.25, -0.2) is 0 Å². The molecule has 0 saturated heterocycles. The smallest absolute Gasteiger partial charge is 0.308 e. The molecule has 1 aliphatic carbocycles. The van der Waals surface area contributed by atoms with Crippen LogP contribution in [0, 0.1) is 13.8 Å². The van der Waals surface area contributed by atoms with E-state index in [1.54, 1.807) is 0 Å². The Morgan fingerprint density at radius 2 is 2.05 bits per heavy atom. The largest absolute Gasteiger partial charge is 0.388 e. The number of aliphatic hydroxyl groups is 1. The van der Waals surface area contributed by atoms with Crippen LogP contribution in [0.1, 0.15) is 36.3 Å². The van der Waals surface area contributed by atoms with E-state index in [9.17, 15) is 14.7 Å². The predicted octanol–water partition coefficient (Wildman–Crippen LogP) is 0.948. The molecule has 0 aromatic carbocycles. The van der Waals surface area contributed by atoms with E-state index in [-0.39, 0.29) is 23.9 Å². The van der Waals surface area contributed by atoms with Gasteiger partial charge in [-0.2, -0.15) is 0 Å². The van der Waals surface area contributed by atoms with Crippen molar-refractivity contribution in [1.82, 2.24) is 9.88 Å². The third-order valence-corrected chi connectivity index (χ3v) is 4.82. The zero-order valence-corrected chi connectivity index (χ0v) is 12.2. The van der Waals surface area contributed by atoms with E-state index in [1.165, 1.54) is 4.57 Å². The van der Waals surface area contributed by atoms with Gasteiger partial charge in [0.25, 0.3) is 0 Å². The van der Waals surface area contributed by atoms with Crippen molar-refractivity contribution >= 4 is 17.2 Å². The minimum atomic E-state index is -0.750. The summed E-state index contributed by atoms with van der Waals surface area (Å²) in [5, 5.41) is 12.9.